The molecule has 0 aromatic heterocycles. The number of hydrogen-bond acceptors (Lipinski definition) is 2. The summed E-state index contributed by atoms with van der Waals surface area (Å²) in [5.41, 5.74) is 0. The van der Waals surface area contributed by atoms with Crippen LogP contribution in [0, 0.1) is 0 Å². The molecule has 0 amide bonds. The van der Waals surface area contributed by atoms with E-state index in [0.717, 1.165) is 103 Å². The van der Waals surface area contributed by atoms with Gasteiger partial charge in [0.05, 0.1) is 10.3 Å². The second kappa shape index (κ2) is 22.9. The van der Waals surface area contributed by atoms with Crippen molar-refractivity contribution in [3.63, 3.8) is 0 Å². The largest absolute Gasteiger partial charge is 0.331 e. The van der Waals surface area contributed by atoms with Gasteiger partial charge in [0, 0.05) is 0 Å². The lowest BCUT2D eigenvalue weighted by Crippen LogP contribution is -2.29. The van der Waals surface area contributed by atoms with Crippen molar-refractivity contribution in [3.05, 3.63) is 0 Å². The first kappa shape index (κ1) is 40.4. The van der Waals surface area contributed by atoms with E-state index in [0.29, 0.717) is 38.5 Å². The van der Waals surface area contributed by atoms with E-state index < -0.39 is 25.5 Å². The Morgan fingerprint density at radius 1 is 0.368 bits per heavy atom. The van der Waals surface area contributed by atoms with Crippen LogP contribution in [0.25, 0.3) is 0 Å². The Morgan fingerprint density at radius 3 is 0.711 bits per heavy atom. The van der Waals surface area contributed by atoms with Gasteiger partial charge in [-0.25, -0.2) is 0 Å². The van der Waals surface area contributed by atoms with Crippen LogP contribution in [-0.2, 0) is 9.13 Å². The molecule has 0 saturated carbocycles. The lowest BCUT2D eigenvalue weighted by molar-refractivity contribution is 0.282. The number of rotatable bonds is 24. The van der Waals surface area contributed by atoms with E-state index >= 15 is 0 Å². The van der Waals surface area contributed by atoms with Gasteiger partial charge >= 0.3 is 15.2 Å². The molecule has 0 atom stereocenters. The molecule has 0 fully saturated rings. The highest BCUT2D eigenvalue weighted by Crippen LogP contribution is 2.59. The van der Waals surface area contributed by atoms with Crippen LogP contribution < -0.4 is 0 Å². The highest BCUT2D eigenvalue weighted by atomic mass is 31.2. The van der Waals surface area contributed by atoms with Crippen molar-refractivity contribution >= 4 is 15.2 Å². The molecule has 0 rings (SSSR count). The summed E-state index contributed by atoms with van der Waals surface area (Å²) in [5.74, 6) is 0. The highest BCUT2D eigenvalue weighted by molar-refractivity contribution is 7.53. The van der Waals surface area contributed by atoms with E-state index in [1.165, 1.54) is 0 Å². The van der Waals surface area contributed by atoms with Crippen LogP contribution in [-0.4, -0.2) is 29.9 Å². The maximum Gasteiger partial charge on any atom is 0.331 e. The van der Waals surface area contributed by atoms with Crippen LogP contribution in [0.3, 0.4) is 0 Å². The summed E-state index contributed by atoms with van der Waals surface area (Å²) < 4.78 is 24.1. The second-order valence-corrected chi connectivity index (χ2v) is 15.6. The Hall–Kier alpha value is 0.300. The van der Waals surface area contributed by atoms with Crippen molar-refractivity contribution in [2.75, 3.05) is 0 Å². The summed E-state index contributed by atoms with van der Waals surface area (Å²) in [7, 11) is -8.03. The van der Waals surface area contributed by atoms with Gasteiger partial charge in [-0.2, -0.15) is 0 Å². The Morgan fingerprint density at radius 2 is 0.553 bits per heavy atom. The minimum Gasteiger partial charge on any atom is -0.324 e. The normalized spacial score (nSPS) is 12.9. The van der Waals surface area contributed by atoms with Crippen molar-refractivity contribution in [1.82, 2.24) is 0 Å². The fourth-order valence-corrected chi connectivity index (χ4v) is 8.15. The molecule has 0 aromatic rings. The third-order valence-corrected chi connectivity index (χ3v) is 12.0. The zero-order valence-corrected chi connectivity index (χ0v) is 27.8. The van der Waals surface area contributed by atoms with Gasteiger partial charge in [0.1, 0.15) is 0 Å². The fraction of sp³-hybridized carbons (Fsp3) is 1.00. The third-order valence-electron chi connectivity index (χ3n) is 8.21. The van der Waals surface area contributed by atoms with E-state index in [9.17, 15) is 28.7 Å². The molecule has 0 aliphatic heterocycles. The monoisotopic (exact) mass is 584 g/mol. The molecule has 0 aromatic carbocycles. The smallest absolute Gasteiger partial charge is 0.324 e. The maximum absolute atomic E-state index is 12.0. The van der Waals surface area contributed by atoms with Crippen molar-refractivity contribution in [2.45, 2.75) is 193 Å². The topological polar surface area (TPSA) is 115 Å². The standard InChI is InChI=1S/2C15H33O3P/c2*1-4-7-10-13-15(12-9-6-3,19(16,17)18)14-11-8-5-2/h2*4-14H2,1-3H3,(H2,16,17,18). The molecule has 6 nitrogen and oxygen atoms in total. The maximum atomic E-state index is 12.0. The predicted octanol–water partition coefficient (Wildman–Crippen LogP) is 10.5. The van der Waals surface area contributed by atoms with Gasteiger partial charge in [-0.1, -0.05) is 144 Å². The molecule has 0 saturated heterocycles. The van der Waals surface area contributed by atoms with E-state index in [1.807, 2.05) is 0 Å². The summed E-state index contributed by atoms with van der Waals surface area (Å²) in [4.78, 5) is 39.5. The molecule has 4 N–H and O–H groups in total. The molecule has 38 heavy (non-hydrogen) atoms. The zero-order valence-electron chi connectivity index (χ0n) is 26.1. The summed E-state index contributed by atoms with van der Waals surface area (Å²) in [6.45, 7) is 12.7. The molecule has 0 heterocycles. The molecule has 232 valence electrons. The summed E-state index contributed by atoms with van der Waals surface area (Å²) >= 11 is 0. The lowest BCUT2D eigenvalue weighted by atomic mass is 9.89. The number of unbranched alkanes of at least 4 members (excludes halogenated alkanes) is 10. The Balaban J connectivity index is 0. The molecular weight excluding hydrogens is 518 g/mol. The molecule has 0 aliphatic carbocycles. The average Bonchev–Trinajstić information content (AvgIpc) is 2.84. The molecular formula is C30H66O6P2. The lowest BCUT2D eigenvalue weighted by Gasteiger charge is -2.35. The first-order chi connectivity index (χ1) is 17.9. The summed E-state index contributed by atoms with van der Waals surface area (Å²) in [5, 5.41) is -1.49. The third kappa shape index (κ3) is 16.5. The minimum atomic E-state index is -4.02. The van der Waals surface area contributed by atoms with E-state index in [1.54, 1.807) is 0 Å². The number of hydrogen-bond donors (Lipinski definition) is 4. The SMILES string of the molecule is CCCCCC(CCCC)(CCCCC)P(=O)(O)O.CCCCCC(CCCC)(CCCCC)P(=O)(O)O. The van der Waals surface area contributed by atoms with Crippen LogP contribution in [0.15, 0.2) is 0 Å². The van der Waals surface area contributed by atoms with Gasteiger partial charge in [-0.3, -0.25) is 9.13 Å². The van der Waals surface area contributed by atoms with E-state index in [4.69, 9.17) is 0 Å². The Labute approximate surface area is 236 Å². The zero-order chi connectivity index (χ0) is 29.6. The summed E-state index contributed by atoms with van der Waals surface area (Å²) in [6, 6.07) is 0. The predicted molar refractivity (Wildman–Crippen MR) is 165 cm³/mol. The Bertz CT molecular complexity index is 554. The minimum absolute atomic E-state index is 0.682. The van der Waals surface area contributed by atoms with Gasteiger partial charge < -0.3 is 19.6 Å². The molecule has 0 bridgehead atoms. The molecule has 0 aliphatic rings. The molecule has 8 heteroatoms. The van der Waals surface area contributed by atoms with E-state index in [-0.39, 0.29) is 0 Å². The molecule has 0 radical (unpaired) electrons. The second-order valence-electron chi connectivity index (χ2n) is 11.6. The molecule has 0 spiro atoms. The first-order valence-electron chi connectivity index (χ1n) is 16.0. The fourth-order valence-electron chi connectivity index (χ4n) is 5.45. The van der Waals surface area contributed by atoms with Crippen molar-refractivity contribution in [2.24, 2.45) is 0 Å². The average molecular weight is 585 g/mol. The van der Waals surface area contributed by atoms with Crippen LogP contribution >= 0.6 is 15.2 Å². The van der Waals surface area contributed by atoms with Crippen molar-refractivity contribution in [1.29, 1.82) is 0 Å². The van der Waals surface area contributed by atoms with Gasteiger partial charge in [-0.15, -0.1) is 0 Å². The van der Waals surface area contributed by atoms with Crippen LogP contribution in [0.4, 0.5) is 0 Å². The van der Waals surface area contributed by atoms with Crippen molar-refractivity contribution < 1.29 is 28.7 Å². The molecule has 0 unspecified atom stereocenters. The van der Waals surface area contributed by atoms with Crippen LogP contribution in [0.2, 0.25) is 0 Å². The van der Waals surface area contributed by atoms with Crippen LogP contribution in [0.1, 0.15) is 183 Å². The summed E-state index contributed by atoms with van der Waals surface area (Å²) in [6.07, 6.45) is 20.4. The van der Waals surface area contributed by atoms with Gasteiger partial charge in [-0.05, 0) is 38.5 Å². The van der Waals surface area contributed by atoms with Gasteiger partial charge in [0.15, 0.2) is 0 Å². The van der Waals surface area contributed by atoms with Crippen molar-refractivity contribution in [3.8, 4) is 0 Å². The van der Waals surface area contributed by atoms with Gasteiger partial charge in [0.2, 0.25) is 0 Å². The highest BCUT2D eigenvalue weighted by Gasteiger charge is 2.45. The van der Waals surface area contributed by atoms with Crippen LogP contribution in [0.5, 0.6) is 0 Å². The van der Waals surface area contributed by atoms with E-state index in [2.05, 4.69) is 41.5 Å². The Kier molecular flexibility index (Phi) is 24.4. The quantitative estimate of drug-likeness (QED) is 0.0662. The van der Waals surface area contributed by atoms with Gasteiger partial charge in [0.25, 0.3) is 0 Å². The first-order valence-corrected chi connectivity index (χ1v) is 19.2.